The van der Waals surface area contributed by atoms with Crippen LogP contribution in [0.5, 0.6) is 0 Å². The second kappa shape index (κ2) is 6.69. The van der Waals surface area contributed by atoms with Gasteiger partial charge in [0.2, 0.25) is 0 Å². The third-order valence-corrected chi connectivity index (χ3v) is 4.80. The molecule has 0 spiro atoms. The Morgan fingerprint density at radius 2 is 1.74 bits per heavy atom. The molecule has 0 saturated carbocycles. The first-order valence-electron chi connectivity index (χ1n) is 6.63. The number of rotatable bonds is 5. The van der Waals surface area contributed by atoms with Gasteiger partial charge in [0, 0.05) is 21.4 Å². The molecule has 0 aliphatic rings. The summed E-state index contributed by atoms with van der Waals surface area (Å²) in [6.45, 7) is 6.77. The maximum absolute atomic E-state index is 3.75. The molecule has 19 heavy (non-hydrogen) atoms. The van der Waals surface area contributed by atoms with E-state index in [2.05, 4.69) is 83.8 Å². The van der Waals surface area contributed by atoms with E-state index in [9.17, 15) is 0 Å². The highest BCUT2D eigenvalue weighted by Gasteiger charge is 2.19. The smallest absolute Gasteiger partial charge is 0.0442 e. The number of halogens is 1. The molecule has 0 fully saturated rings. The molecule has 0 amide bonds. The summed E-state index contributed by atoms with van der Waals surface area (Å²) in [5.41, 5.74) is 1.32. The average molecular weight is 338 g/mol. The first-order chi connectivity index (χ1) is 9.08. The van der Waals surface area contributed by atoms with Gasteiger partial charge in [-0.05, 0) is 42.0 Å². The minimum absolute atomic E-state index is 0.350. The lowest BCUT2D eigenvalue weighted by Gasteiger charge is -2.26. The minimum Gasteiger partial charge on any atom is -0.302 e. The lowest BCUT2D eigenvalue weighted by atomic mass is 10.00. The molecule has 0 aliphatic heterocycles. The van der Waals surface area contributed by atoms with Gasteiger partial charge >= 0.3 is 0 Å². The fraction of sp³-hybridized carbons (Fsp3) is 0.375. The van der Waals surface area contributed by atoms with Gasteiger partial charge < -0.3 is 5.32 Å². The molecule has 1 aromatic heterocycles. The van der Waals surface area contributed by atoms with Gasteiger partial charge in [0.1, 0.15) is 0 Å². The van der Waals surface area contributed by atoms with E-state index in [1.165, 1.54) is 10.4 Å². The lowest BCUT2D eigenvalue weighted by Crippen LogP contribution is -2.27. The molecule has 1 aromatic carbocycles. The van der Waals surface area contributed by atoms with Crippen LogP contribution in [0.3, 0.4) is 0 Å². The maximum Gasteiger partial charge on any atom is 0.0442 e. The molecular formula is C16H20BrNS. The molecule has 2 aromatic rings. The molecule has 0 bridgehead atoms. The second-order valence-corrected chi connectivity index (χ2v) is 7.07. The Morgan fingerprint density at radius 1 is 1.05 bits per heavy atom. The minimum atomic E-state index is 0.350. The Morgan fingerprint density at radius 3 is 2.26 bits per heavy atom. The molecule has 102 valence electrons. The van der Waals surface area contributed by atoms with E-state index in [1.54, 1.807) is 0 Å². The number of hydrogen-bond acceptors (Lipinski definition) is 2. The van der Waals surface area contributed by atoms with Crippen LogP contribution in [-0.2, 0) is 0 Å². The Hall–Kier alpha value is -0.640. The van der Waals surface area contributed by atoms with E-state index < -0.39 is 0 Å². The summed E-state index contributed by atoms with van der Waals surface area (Å²) in [5.74, 6) is 0.580. The van der Waals surface area contributed by atoms with Gasteiger partial charge in [-0.1, -0.05) is 48.0 Å². The van der Waals surface area contributed by atoms with Gasteiger partial charge in [-0.25, -0.2) is 0 Å². The van der Waals surface area contributed by atoms with Crippen LogP contribution < -0.4 is 5.32 Å². The van der Waals surface area contributed by atoms with Crippen LogP contribution in [0.4, 0.5) is 0 Å². The molecule has 1 heterocycles. The fourth-order valence-electron chi connectivity index (χ4n) is 2.19. The van der Waals surface area contributed by atoms with Crippen molar-refractivity contribution in [2.45, 2.75) is 32.9 Å². The third-order valence-electron chi connectivity index (χ3n) is 3.32. The molecule has 3 heteroatoms. The SMILES string of the molecule is CC(NC(c1cccs1)C(C)C)c1ccc(Br)cc1. The van der Waals surface area contributed by atoms with Crippen molar-refractivity contribution in [3.8, 4) is 0 Å². The molecule has 2 unspecified atom stereocenters. The van der Waals surface area contributed by atoms with Gasteiger partial charge in [-0.15, -0.1) is 11.3 Å². The van der Waals surface area contributed by atoms with Crippen molar-refractivity contribution in [1.29, 1.82) is 0 Å². The molecule has 1 N–H and O–H groups in total. The number of hydrogen-bond donors (Lipinski definition) is 1. The van der Waals surface area contributed by atoms with Crippen molar-refractivity contribution in [3.63, 3.8) is 0 Å². The Labute approximate surface area is 128 Å². The van der Waals surface area contributed by atoms with Crippen molar-refractivity contribution in [2.75, 3.05) is 0 Å². The number of nitrogens with one attached hydrogen (secondary N) is 1. The standard InChI is InChI=1S/C16H20BrNS/c1-11(2)16(15-5-4-10-19-15)18-12(3)13-6-8-14(17)9-7-13/h4-12,16,18H,1-3H3. The predicted molar refractivity (Wildman–Crippen MR) is 87.6 cm³/mol. The van der Waals surface area contributed by atoms with Crippen molar-refractivity contribution in [2.24, 2.45) is 5.92 Å². The quantitative estimate of drug-likeness (QED) is 0.753. The van der Waals surface area contributed by atoms with Crippen LogP contribution in [0, 0.1) is 5.92 Å². The van der Waals surface area contributed by atoms with Crippen LogP contribution >= 0.6 is 27.3 Å². The summed E-state index contributed by atoms with van der Waals surface area (Å²) in [7, 11) is 0. The highest BCUT2D eigenvalue weighted by molar-refractivity contribution is 9.10. The molecule has 2 rings (SSSR count). The van der Waals surface area contributed by atoms with Gasteiger partial charge in [-0.2, -0.15) is 0 Å². The van der Waals surface area contributed by atoms with Crippen molar-refractivity contribution in [1.82, 2.24) is 5.32 Å². The Bertz CT molecular complexity index is 490. The van der Waals surface area contributed by atoms with Gasteiger partial charge in [-0.3, -0.25) is 0 Å². The normalized spacial score (nSPS) is 14.6. The number of thiophene rings is 1. The van der Waals surface area contributed by atoms with Crippen molar-refractivity contribution >= 4 is 27.3 Å². The van der Waals surface area contributed by atoms with Crippen LogP contribution in [0.2, 0.25) is 0 Å². The second-order valence-electron chi connectivity index (χ2n) is 5.18. The Balaban J connectivity index is 2.11. The zero-order chi connectivity index (χ0) is 13.8. The summed E-state index contributed by atoms with van der Waals surface area (Å²) in [6.07, 6.45) is 0. The van der Waals surface area contributed by atoms with Crippen molar-refractivity contribution in [3.05, 3.63) is 56.7 Å². The monoisotopic (exact) mass is 337 g/mol. The average Bonchev–Trinajstić information content (AvgIpc) is 2.89. The molecular weight excluding hydrogens is 318 g/mol. The zero-order valence-electron chi connectivity index (χ0n) is 11.6. The molecule has 0 saturated heterocycles. The van der Waals surface area contributed by atoms with E-state index in [-0.39, 0.29) is 0 Å². The predicted octanol–water partition coefficient (Wildman–Crippen LogP) is 5.56. The fourth-order valence-corrected chi connectivity index (χ4v) is 3.41. The van der Waals surface area contributed by atoms with Gasteiger partial charge in [0.25, 0.3) is 0 Å². The van der Waals surface area contributed by atoms with Crippen molar-refractivity contribution < 1.29 is 0 Å². The third kappa shape index (κ3) is 3.91. The topological polar surface area (TPSA) is 12.0 Å². The van der Waals surface area contributed by atoms with Gasteiger partial charge in [0.15, 0.2) is 0 Å². The molecule has 1 nitrogen and oxygen atoms in total. The van der Waals surface area contributed by atoms with Crippen LogP contribution in [0.25, 0.3) is 0 Å². The van der Waals surface area contributed by atoms with E-state index in [0.29, 0.717) is 18.0 Å². The zero-order valence-corrected chi connectivity index (χ0v) is 14.0. The molecule has 0 radical (unpaired) electrons. The van der Waals surface area contributed by atoms with E-state index in [0.717, 1.165) is 4.47 Å². The van der Waals surface area contributed by atoms with Gasteiger partial charge in [0.05, 0.1) is 0 Å². The summed E-state index contributed by atoms with van der Waals surface area (Å²) in [4.78, 5) is 1.42. The van der Waals surface area contributed by atoms with Crippen LogP contribution in [-0.4, -0.2) is 0 Å². The highest BCUT2D eigenvalue weighted by Crippen LogP contribution is 2.29. The lowest BCUT2D eigenvalue weighted by molar-refractivity contribution is 0.379. The van der Waals surface area contributed by atoms with Crippen LogP contribution in [0.1, 0.15) is 43.3 Å². The maximum atomic E-state index is 3.75. The van der Waals surface area contributed by atoms with E-state index in [4.69, 9.17) is 0 Å². The first-order valence-corrected chi connectivity index (χ1v) is 8.30. The Kier molecular flexibility index (Phi) is 5.20. The summed E-state index contributed by atoms with van der Waals surface area (Å²) >= 11 is 5.31. The van der Waals surface area contributed by atoms with Crippen LogP contribution in [0.15, 0.2) is 46.3 Å². The molecule has 0 aliphatic carbocycles. The molecule has 2 atom stereocenters. The number of benzene rings is 1. The largest absolute Gasteiger partial charge is 0.302 e. The van der Waals surface area contributed by atoms with E-state index >= 15 is 0 Å². The highest BCUT2D eigenvalue weighted by atomic mass is 79.9. The summed E-state index contributed by atoms with van der Waals surface area (Å²) in [6, 6.07) is 13.7. The summed E-state index contributed by atoms with van der Waals surface area (Å²) < 4.78 is 1.13. The summed E-state index contributed by atoms with van der Waals surface area (Å²) in [5, 5.41) is 5.90. The van der Waals surface area contributed by atoms with E-state index in [1.807, 2.05) is 11.3 Å². The first kappa shape index (κ1) is 14.8.